The first-order valence-corrected chi connectivity index (χ1v) is 10.4. The van der Waals surface area contributed by atoms with E-state index < -0.39 is 0 Å². The number of benzene rings is 2. The summed E-state index contributed by atoms with van der Waals surface area (Å²) in [5.41, 5.74) is 1.51. The van der Waals surface area contributed by atoms with Gasteiger partial charge in [-0.1, -0.05) is 30.3 Å². The summed E-state index contributed by atoms with van der Waals surface area (Å²) in [6.45, 7) is 0.952. The van der Waals surface area contributed by atoms with Crippen molar-refractivity contribution in [3.8, 4) is 11.5 Å². The third-order valence-electron chi connectivity index (χ3n) is 6.22. The van der Waals surface area contributed by atoms with Crippen LogP contribution in [0.4, 0.5) is 0 Å². The first-order valence-electron chi connectivity index (χ1n) is 10.4. The third-order valence-corrected chi connectivity index (χ3v) is 6.22. The highest BCUT2D eigenvalue weighted by Crippen LogP contribution is 2.41. The number of hydrogen-bond donors (Lipinski definition) is 0. The molecule has 1 aliphatic carbocycles. The number of methoxy groups -OCH3 is 2. The van der Waals surface area contributed by atoms with Crippen molar-refractivity contribution in [3.63, 3.8) is 0 Å². The minimum atomic E-state index is -0.313. The van der Waals surface area contributed by atoms with Crippen LogP contribution in [-0.2, 0) is 16.1 Å². The fourth-order valence-corrected chi connectivity index (χ4v) is 4.62. The Kier molecular flexibility index (Phi) is 6.04. The highest BCUT2D eigenvalue weighted by Gasteiger charge is 2.47. The van der Waals surface area contributed by atoms with E-state index in [0.717, 1.165) is 24.8 Å². The average molecular weight is 409 g/mol. The maximum Gasteiger partial charge on any atom is 0.264 e. The zero-order valence-corrected chi connectivity index (χ0v) is 17.4. The van der Waals surface area contributed by atoms with Gasteiger partial charge in [-0.2, -0.15) is 0 Å². The van der Waals surface area contributed by atoms with Crippen molar-refractivity contribution in [2.45, 2.75) is 32.0 Å². The summed E-state index contributed by atoms with van der Waals surface area (Å²) in [4.78, 5) is 27.7. The van der Waals surface area contributed by atoms with Crippen molar-refractivity contribution in [2.75, 3.05) is 20.8 Å². The zero-order valence-electron chi connectivity index (χ0n) is 17.4. The zero-order chi connectivity index (χ0) is 21.1. The molecule has 1 saturated carbocycles. The summed E-state index contributed by atoms with van der Waals surface area (Å²) in [5, 5.41) is 0. The molecule has 0 aromatic heterocycles. The van der Waals surface area contributed by atoms with Gasteiger partial charge in [0, 0.05) is 18.5 Å². The number of rotatable bonds is 6. The number of hydrogen-bond acceptors (Lipinski definition) is 5. The molecule has 2 aliphatic rings. The van der Waals surface area contributed by atoms with Crippen LogP contribution in [0.1, 0.15) is 35.2 Å². The normalized spacial score (nSPS) is 23.2. The SMILES string of the molecule is COc1ccc(C(=O)N2CCC3C(OCc4ccccc4)CCC3C2=O)c(OC)c1. The standard InChI is InChI=1S/C24H27NO5/c1-28-17-8-9-20(22(14-17)29-2)24(27)25-13-12-18-19(23(25)26)10-11-21(18)30-15-16-6-4-3-5-7-16/h3-9,14,18-19,21H,10-13,15H2,1-2H3. The number of carbonyl (C=O) groups excluding carboxylic acids is 2. The van der Waals surface area contributed by atoms with Gasteiger partial charge in [0.1, 0.15) is 11.5 Å². The van der Waals surface area contributed by atoms with Crippen LogP contribution in [0, 0.1) is 11.8 Å². The Bertz CT molecular complexity index is 913. The Morgan fingerprint density at radius 1 is 1.03 bits per heavy atom. The summed E-state index contributed by atoms with van der Waals surface area (Å²) < 4.78 is 16.7. The Hall–Kier alpha value is -2.86. The van der Waals surface area contributed by atoms with Gasteiger partial charge in [-0.15, -0.1) is 0 Å². The van der Waals surface area contributed by atoms with Gasteiger partial charge in [0.2, 0.25) is 5.91 Å². The van der Waals surface area contributed by atoms with Crippen molar-refractivity contribution in [3.05, 3.63) is 59.7 Å². The molecule has 6 heteroatoms. The fraction of sp³-hybridized carbons (Fsp3) is 0.417. The number of nitrogens with zero attached hydrogens (tertiary/aromatic N) is 1. The predicted molar refractivity (Wildman–Crippen MR) is 111 cm³/mol. The van der Waals surface area contributed by atoms with E-state index in [2.05, 4.69) is 0 Å². The lowest BCUT2D eigenvalue weighted by Gasteiger charge is -2.35. The molecule has 2 fully saturated rings. The molecular formula is C24H27NO5. The van der Waals surface area contributed by atoms with Crippen LogP contribution >= 0.6 is 0 Å². The van der Waals surface area contributed by atoms with E-state index in [-0.39, 0.29) is 29.8 Å². The van der Waals surface area contributed by atoms with Crippen molar-refractivity contribution in [2.24, 2.45) is 11.8 Å². The maximum absolute atomic E-state index is 13.1. The highest BCUT2D eigenvalue weighted by molar-refractivity contribution is 6.07. The van der Waals surface area contributed by atoms with Gasteiger partial charge in [0.05, 0.1) is 32.5 Å². The molecule has 3 atom stereocenters. The number of likely N-dealkylation sites (tertiary alicyclic amines) is 1. The Balaban J connectivity index is 1.44. The Morgan fingerprint density at radius 2 is 1.83 bits per heavy atom. The number of piperidine rings is 1. The Morgan fingerprint density at radius 3 is 2.57 bits per heavy atom. The molecule has 158 valence electrons. The molecule has 2 aromatic rings. The van der Waals surface area contributed by atoms with Crippen LogP contribution in [0.2, 0.25) is 0 Å². The topological polar surface area (TPSA) is 65.1 Å². The lowest BCUT2D eigenvalue weighted by Crippen LogP contribution is -2.48. The van der Waals surface area contributed by atoms with Crippen LogP contribution < -0.4 is 9.47 Å². The van der Waals surface area contributed by atoms with Crippen LogP contribution in [0.15, 0.2) is 48.5 Å². The Labute approximate surface area is 176 Å². The van der Waals surface area contributed by atoms with E-state index in [1.54, 1.807) is 25.3 Å². The molecule has 0 N–H and O–H groups in total. The van der Waals surface area contributed by atoms with Crippen LogP contribution in [0.5, 0.6) is 11.5 Å². The van der Waals surface area contributed by atoms with Gasteiger partial charge in [-0.3, -0.25) is 14.5 Å². The minimum Gasteiger partial charge on any atom is -0.497 e. The number of carbonyl (C=O) groups is 2. The largest absolute Gasteiger partial charge is 0.497 e. The predicted octanol–water partition coefficient (Wildman–Crippen LogP) is 3.69. The number of ether oxygens (including phenoxy) is 3. The summed E-state index contributed by atoms with van der Waals surface area (Å²) in [6.07, 6.45) is 2.43. The quantitative estimate of drug-likeness (QED) is 0.681. The van der Waals surface area contributed by atoms with Crippen molar-refractivity contribution in [1.29, 1.82) is 0 Å². The van der Waals surface area contributed by atoms with E-state index in [1.807, 2.05) is 30.3 Å². The molecule has 1 heterocycles. The lowest BCUT2D eigenvalue weighted by atomic mass is 9.86. The van der Waals surface area contributed by atoms with Gasteiger partial charge < -0.3 is 14.2 Å². The van der Waals surface area contributed by atoms with Crippen molar-refractivity contribution >= 4 is 11.8 Å². The lowest BCUT2D eigenvalue weighted by molar-refractivity contribution is -0.139. The molecule has 1 saturated heterocycles. The monoisotopic (exact) mass is 409 g/mol. The first-order chi connectivity index (χ1) is 14.6. The molecule has 0 radical (unpaired) electrons. The molecule has 2 amide bonds. The van der Waals surface area contributed by atoms with E-state index in [1.165, 1.54) is 12.0 Å². The first kappa shape index (κ1) is 20.4. The van der Waals surface area contributed by atoms with E-state index >= 15 is 0 Å². The number of fused-ring (bicyclic) bond motifs is 1. The second-order valence-electron chi connectivity index (χ2n) is 7.83. The molecule has 2 aromatic carbocycles. The van der Waals surface area contributed by atoms with E-state index in [4.69, 9.17) is 14.2 Å². The summed E-state index contributed by atoms with van der Waals surface area (Å²) >= 11 is 0. The van der Waals surface area contributed by atoms with Gasteiger partial charge >= 0.3 is 0 Å². The summed E-state index contributed by atoms with van der Waals surface area (Å²) in [5.74, 6) is 0.606. The van der Waals surface area contributed by atoms with Gasteiger partial charge in [-0.05, 0) is 42.9 Å². The third kappa shape index (κ3) is 3.92. The fourth-order valence-electron chi connectivity index (χ4n) is 4.62. The molecule has 6 nitrogen and oxygen atoms in total. The number of imide groups is 1. The average Bonchev–Trinajstić information content (AvgIpc) is 3.21. The van der Waals surface area contributed by atoms with Gasteiger partial charge in [0.25, 0.3) is 5.91 Å². The van der Waals surface area contributed by atoms with Crippen molar-refractivity contribution in [1.82, 2.24) is 4.90 Å². The van der Waals surface area contributed by atoms with E-state index in [0.29, 0.717) is 30.2 Å². The summed E-state index contributed by atoms with van der Waals surface area (Å²) in [7, 11) is 3.06. The molecule has 0 bridgehead atoms. The molecular weight excluding hydrogens is 382 g/mol. The second kappa shape index (κ2) is 8.88. The molecule has 30 heavy (non-hydrogen) atoms. The second-order valence-corrected chi connectivity index (χ2v) is 7.83. The molecule has 0 spiro atoms. The van der Waals surface area contributed by atoms with Crippen LogP contribution in [0.3, 0.4) is 0 Å². The number of amides is 2. The molecule has 1 aliphatic heterocycles. The summed E-state index contributed by atoms with van der Waals surface area (Å²) in [6, 6.07) is 15.1. The minimum absolute atomic E-state index is 0.0620. The highest BCUT2D eigenvalue weighted by atomic mass is 16.5. The molecule has 4 rings (SSSR count). The smallest absolute Gasteiger partial charge is 0.264 e. The van der Waals surface area contributed by atoms with Crippen LogP contribution in [0.25, 0.3) is 0 Å². The van der Waals surface area contributed by atoms with Gasteiger partial charge in [-0.25, -0.2) is 0 Å². The van der Waals surface area contributed by atoms with Gasteiger partial charge in [0.15, 0.2) is 0 Å². The molecule has 3 unspecified atom stereocenters. The van der Waals surface area contributed by atoms with E-state index in [9.17, 15) is 9.59 Å². The van der Waals surface area contributed by atoms with Crippen molar-refractivity contribution < 1.29 is 23.8 Å². The maximum atomic E-state index is 13.1. The van der Waals surface area contributed by atoms with Crippen LogP contribution in [-0.4, -0.2) is 43.6 Å².